The van der Waals surface area contributed by atoms with E-state index in [2.05, 4.69) is 46.8 Å². The highest BCUT2D eigenvalue weighted by atomic mass is 32.1. The number of nitrogens with one attached hydrogen (secondary N) is 2. The molecule has 0 aliphatic rings. The Hall–Kier alpha value is -2.60. The molecular formula is C20H26N4OS. The summed E-state index contributed by atoms with van der Waals surface area (Å²) in [4.78, 5) is 2.23. The summed E-state index contributed by atoms with van der Waals surface area (Å²) in [7, 11) is 2.10. The number of thiocarbonyl (C=S) groups is 1. The summed E-state index contributed by atoms with van der Waals surface area (Å²) in [5.74, 6) is 0.759. The quantitative estimate of drug-likeness (QED) is 0.413. The van der Waals surface area contributed by atoms with Gasteiger partial charge in [0, 0.05) is 19.3 Å². The van der Waals surface area contributed by atoms with Crippen LogP contribution in [0.5, 0.6) is 5.75 Å². The minimum Gasteiger partial charge on any atom is -0.492 e. The number of benzene rings is 2. The van der Waals surface area contributed by atoms with E-state index in [4.69, 9.17) is 17.0 Å². The van der Waals surface area contributed by atoms with E-state index in [-0.39, 0.29) is 0 Å². The molecule has 2 aromatic rings. The van der Waals surface area contributed by atoms with Crippen molar-refractivity contribution in [1.29, 1.82) is 0 Å². The Morgan fingerprint density at radius 1 is 1.15 bits per heavy atom. The van der Waals surface area contributed by atoms with Crippen molar-refractivity contribution in [2.24, 2.45) is 5.10 Å². The topological polar surface area (TPSA) is 48.9 Å². The number of rotatable bonds is 8. The van der Waals surface area contributed by atoms with Crippen LogP contribution in [0.3, 0.4) is 0 Å². The lowest BCUT2D eigenvalue weighted by Gasteiger charge is -2.18. The summed E-state index contributed by atoms with van der Waals surface area (Å²) >= 11 is 5.28. The van der Waals surface area contributed by atoms with E-state index in [9.17, 15) is 0 Å². The van der Waals surface area contributed by atoms with Gasteiger partial charge in [-0.15, -0.1) is 0 Å². The molecule has 5 nitrogen and oxygen atoms in total. The van der Waals surface area contributed by atoms with Crippen LogP contribution < -0.4 is 20.4 Å². The van der Waals surface area contributed by atoms with Crippen molar-refractivity contribution in [2.45, 2.75) is 20.3 Å². The van der Waals surface area contributed by atoms with Gasteiger partial charge in [0.15, 0.2) is 5.11 Å². The van der Waals surface area contributed by atoms with Gasteiger partial charge in [0.05, 0.1) is 18.5 Å². The summed E-state index contributed by atoms with van der Waals surface area (Å²) in [5, 5.41) is 7.70. The Balaban J connectivity index is 1.89. The maximum atomic E-state index is 5.57. The molecule has 0 saturated carbocycles. The van der Waals surface area contributed by atoms with Crippen LogP contribution in [-0.4, -0.2) is 31.5 Å². The predicted octanol–water partition coefficient (Wildman–Crippen LogP) is 4.25. The largest absolute Gasteiger partial charge is 0.492 e. The second kappa shape index (κ2) is 10.4. The Bertz CT molecular complexity index is 731. The standard InChI is InChI=1S/C20H26N4OS/c1-4-14-24(3)17-12-10-16(11-13-17)15-21-23-20(26)22-18-8-6-7-9-19(18)25-5-2/h6-13,15H,4-5,14H2,1-3H3,(H2,22,23,26)/b21-15-. The fourth-order valence-corrected chi connectivity index (χ4v) is 2.61. The lowest BCUT2D eigenvalue weighted by atomic mass is 10.2. The molecule has 0 aliphatic heterocycles. The number of anilines is 2. The van der Waals surface area contributed by atoms with Crippen molar-refractivity contribution in [3.63, 3.8) is 0 Å². The van der Waals surface area contributed by atoms with Gasteiger partial charge in [-0.25, -0.2) is 0 Å². The highest BCUT2D eigenvalue weighted by Crippen LogP contribution is 2.23. The summed E-state index contributed by atoms with van der Waals surface area (Å²) in [6, 6.07) is 15.9. The van der Waals surface area contributed by atoms with Gasteiger partial charge in [-0.3, -0.25) is 5.43 Å². The second-order valence-electron chi connectivity index (χ2n) is 5.77. The van der Waals surface area contributed by atoms with Gasteiger partial charge in [0.2, 0.25) is 0 Å². The maximum absolute atomic E-state index is 5.57. The Morgan fingerprint density at radius 3 is 2.58 bits per heavy atom. The zero-order valence-corrected chi connectivity index (χ0v) is 16.3. The van der Waals surface area contributed by atoms with Gasteiger partial charge < -0.3 is 15.0 Å². The Morgan fingerprint density at radius 2 is 1.88 bits per heavy atom. The van der Waals surface area contributed by atoms with Crippen molar-refractivity contribution in [3.8, 4) is 5.75 Å². The van der Waals surface area contributed by atoms with Crippen LogP contribution in [0.1, 0.15) is 25.8 Å². The van der Waals surface area contributed by atoms with E-state index in [0.29, 0.717) is 11.7 Å². The zero-order valence-electron chi connectivity index (χ0n) is 15.5. The SMILES string of the molecule is CCCN(C)c1ccc(/C=N\NC(=S)Nc2ccccc2OCC)cc1. The van der Waals surface area contributed by atoms with Crippen molar-refractivity contribution in [1.82, 2.24) is 5.43 Å². The molecule has 0 fully saturated rings. The molecule has 0 heterocycles. The maximum Gasteiger partial charge on any atom is 0.191 e. The van der Waals surface area contributed by atoms with Crippen molar-refractivity contribution < 1.29 is 4.74 Å². The first-order valence-electron chi connectivity index (χ1n) is 8.77. The van der Waals surface area contributed by atoms with E-state index >= 15 is 0 Å². The first kappa shape index (κ1) is 19.7. The first-order chi connectivity index (χ1) is 12.6. The van der Waals surface area contributed by atoms with Crippen molar-refractivity contribution in [2.75, 3.05) is 30.4 Å². The zero-order chi connectivity index (χ0) is 18.8. The van der Waals surface area contributed by atoms with Gasteiger partial charge in [-0.2, -0.15) is 5.10 Å². The third kappa shape index (κ3) is 6.04. The minimum absolute atomic E-state index is 0.410. The molecule has 0 spiro atoms. The van der Waals surface area contributed by atoms with Crippen LogP contribution in [0.25, 0.3) is 0 Å². The Kier molecular flexibility index (Phi) is 7.89. The van der Waals surface area contributed by atoms with Crippen molar-refractivity contribution >= 4 is 34.9 Å². The van der Waals surface area contributed by atoms with Crippen LogP contribution in [0.4, 0.5) is 11.4 Å². The van der Waals surface area contributed by atoms with E-state index in [1.54, 1.807) is 6.21 Å². The van der Waals surface area contributed by atoms with Gasteiger partial charge in [-0.05, 0) is 55.4 Å². The molecule has 2 rings (SSSR count). The molecule has 0 aliphatic carbocycles. The molecule has 0 bridgehead atoms. The molecule has 0 aromatic heterocycles. The first-order valence-corrected chi connectivity index (χ1v) is 9.18. The summed E-state index contributed by atoms with van der Waals surface area (Å²) in [6.45, 7) is 5.76. The van der Waals surface area contributed by atoms with Crippen LogP contribution in [0.2, 0.25) is 0 Å². The number of para-hydroxylation sites is 2. The highest BCUT2D eigenvalue weighted by Gasteiger charge is 2.03. The van der Waals surface area contributed by atoms with Gasteiger partial charge in [0.25, 0.3) is 0 Å². The lowest BCUT2D eigenvalue weighted by Crippen LogP contribution is -2.24. The van der Waals surface area contributed by atoms with Crippen LogP contribution in [0, 0.1) is 0 Å². The predicted molar refractivity (Wildman–Crippen MR) is 115 cm³/mol. The minimum atomic E-state index is 0.410. The molecule has 6 heteroatoms. The molecular weight excluding hydrogens is 344 g/mol. The van der Waals surface area contributed by atoms with Gasteiger partial charge in [0.1, 0.15) is 5.75 Å². The molecule has 0 atom stereocenters. The van der Waals surface area contributed by atoms with E-state index < -0.39 is 0 Å². The smallest absolute Gasteiger partial charge is 0.191 e. The Labute approximate surface area is 161 Å². The number of hydrazone groups is 1. The van der Waals surface area contributed by atoms with Crippen LogP contribution >= 0.6 is 12.2 Å². The molecule has 0 radical (unpaired) electrons. The fraction of sp³-hybridized carbons (Fsp3) is 0.300. The molecule has 2 aromatic carbocycles. The van der Waals surface area contributed by atoms with E-state index in [0.717, 1.165) is 30.0 Å². The average Bonchev–Trinajstić information content (AvgIpc) is 2.64. The third-order valence-electron chi connectivity index (χ3n) is 3.71. The fourth-order valence-electron chi connectivity index (χ4n) is 2.45. The molecule has 138 valence electrons. The van der Waals surface area contributed by atoms with Crippen molar-refractivity contribution in [3.05, 3.63) is 54.1 Å². The molecule has 0 amide bonds. The summed E-state index contributed by atoms with van der Waals surface area (Å²) < 4.78 is 5.57. The van der Waals surface area contributed by atoms with E-state index in [1.165, 1.54) is 5.69 Å². The average molecular weight is 371 g/mol. The normalized spacial score (nSPS) is 10.6. The number of nitrogens with zero attached hydrogens (tertiary/aromatic N) is 2. The molecule has 2 N–H and O–H groups in total. The second-order valence-corrected chi connectivity index (χ2v) is 6.17. The summed E-state index contributed by atoms with van der Waals surface area (Å²) in [6.07, 6.45) is 2.87. The summed E-state index contributed by atoms with van der Waals surface area (Å²) in [5.41, 5.74) is 5.84. The van der Waals surface area contributed by atoms with Crippen LogP contribution in [-0.2, 0) is 0 Å². The molecule has 0 unspecified atom stereocenters. The molecule has 26 heavy (non-hydrogen) atoms. The van der Waals surface area contributed by atoms with Gasteiger partial charge in [-0.1, -0.05) is 31.2 Å². The number of hydrogen-bond donors (Lipinski definition) is 2. The number of ether oxygens (including phenoxy) is 1. The van der Waals surface area contributed by atoms with Gasteiger partial charge >= 0.3 is 0 Å². The third-order valence-corrected chi connectivity index (χ3v) is 3.90. The highest BCUT2D eigenvalue weighted by molar-refractivity contribution is 7.80. The lowest BCUT2D eigenvalue weighted by molar-refractivity contribution is 0.342. The monoisotopic (exact) mass is 370 g/mol. The van der Waals surface area contributed by atoms with Crippen LogP contribution in [0.15, 0.2) is 53.6 Å². The number of hydrogen-bond acceptors (Lipinski definition) is 4. The molecule has 0 saturated heterocycles. The van der Waals surface area contributed by atoms with E-state index in [1.807, 2.05) is 43.3 Å².